The lowest BCUT2D eigenvalue weighted by Gasteiger charge is -2.13. The Morgan fingerprint density at radius 2 is 2.32 bits per heavy atom. The van der Waals surface area contributed by atoms with Crippen LogP contribution < -0.4 is 14.8 Å². The number of ether oxygens (including phenoxy) is 1. The van der Waals surface area contributed by atoms with Crippen molar-refractivity contribution >= 4 is 27.3 Å². The Kier molecular flexibility index (Phi) is 4.54. The summed E-state index contributed by atoms with van der Waals surface area (Å²) >= 11 is 5.96. The molecular weight excluding hydrogens is 288 g/mol. The second-order valence-corrected chi connectivity index (χ2v) is 6.70. The number of benzene rings is 1. The van der Waals surface area contributed by atoms with Gasteiger partial charge in [0.2, 0.25) is 10.0 Å². The molecule has 7 heteroatoms. The van der Waals surface area contributed by atoms with Gasteiger partial charge in [0, 0.05) is 6.04 Å². The van der Waals surface area contributed by atoms with Gasteiger partial charge in [0.15, 0.2) is 0 Å². The van der Waals surface area contributed by atoms with Crippen molar-refractivity contribution in [3.05, 3.63) is 23.2 Å². The molecule has 0 spiro atoms. The van der Waals surface area contributed by atoms with Crippen LogP contribution in [-0.4, -0.2) is 33.9 Å². The van der Waals surface area contributed by atoms with Gasteiger partial charge in [0.1, 0.15) is 5.75 Å². The molecule has 1 aromatic rings. The summed E-state index contributed by atoms with van der Waals surface area (Å²) in [6.45, 7) is 0.883. The van der Waals surface area contributed by atoms with Gasteiger partial charge >= 0.3 is 0 Å². The first-order valence-corrected chi connectivity index (χ1v) is 8.10. The molecule has 0 saturated carbocycles. The molecule has 1 aliphatic heterocycles. The van der Waals surface area contributed by atoms with E-state index in [2.05, 4.69) is 10.0 Å². The number of sulfonamides is 1. The second-order valence-electron chi connectivity index (χ2n) is 4.53. The van der Waals surface area contributed by atoms with Gasteiger partial charge in [-0.05, 0) is 37.6 Å². The molecule has 19 heavy (non-hydrogen) atoms. The van der Waals surface area contributed by atoms with Gasteiger partial charge in [-0.25, -0.2) is 8.42 Å². The van der Waals surface area contributed by atoms with Gasteiger partial charge in [0.05, 0.1) is 23.6 Å². The molecule has 1 aromatic carbocycles. The van der Waals surface area contributed by atoms with E-state index < -0.39 is 10.0 Å². The molecule has 5 nitrogen and oxygen atoms in total. The highest BCUT2D eigenvalue weighted by Gasteiger charge is 2.22. The average molecular weight is 305 g/mol. The fraction of sp³-hybridized carbons (Fsp3) is 0.500. The zero-order valence-corrected chi connectivity index (χ0v) is 12.2. The molecule has 1 heterocycles. The monoisotopic (exact) mass is 304 g/mol. The van der Waals surface area contributed by atoms with Crippen molar-refractivity contribution in [1.29, 1.82) is 0 Å². The molecule has 0 bridgehead atoms. The summed E-state index contributed by atoms with van der Waals surface area (Å²) in [5, 5.41) is 3.54. The largest absolute Gasteiger partial charge is 0.495 e. The van der Waals surface area contributed by atoms with Crippen molar-refractivity contribution in [2.45, 2.75) is 18.9 Å². The molecule has 2 N–H and O–H groups in total. The van der Waals surface area contributed by atoms with E-state index in [-0.39, 0.29) is 11.8 Å². The molecule has 0 radical (unpaired) electrons. The topological polar surface area (TPSA) is 67.4 Å². The van der Waals surface area contributed by atoms with Crippen LogP contribution in [0.2, 0.25) is 5.02 Å². The van der Waals surface area contributed by atoms with E-state index in [1.807, 2.05) is 0 Å². The second kappa shape index (κ2) is 5.98. The van der Waals surface area contributed by atoms with Crippen molar-refractivity contribution in [3.63, 3.8) is 0 Å². The maximum atomic E-state index is 12.0. The van der Waals surface area contributed by atoms with Gasteiger partial charge in [0.25, 0.3) is 0 Å². The van der Waals surface area contributed by atoms with Crippen LogP contribution in [0.1, 0.15) is 12.8 Å². The summed E-state index contributed by atoms with van der Waals surface area (Å²) in [6, 6.07) is 4.84. The number of anilines is 1. The Balaban J connectivity index is 2.04. The van der Waals surface area contributed by atoms with Gasteiger partial charge in [-0.1, -0.05) is 11.6 Å². The van der Waals surface area contributed by atoms with Crippen LogP contribution in [0, 0.1) is 0 Å². The van der Waals surface area contributed by atoms with Crippen molar-refractivity contribution < 1.29 is 13.2 Å². The Labute approximate surface area is 118 Å². The summed E-state index contributed by atoms with van der Waals surface area (Å²) in [5.41, 5.74) is 0.448. The molecule has 106 valence electrons. The lowest BCUT2D eigenvalue weighted by molar-refractivity contribution is 0.415. The molecule has 1 aliphatic rings. The van der Waals surface area contributed by atoms with E-state index in [1.54, 1.807) is 18.2 Å². The average Bonchev–Trinajstić information content (AvgIpc) is 2.80. The zero-order chi connectivity index (χ0) is 13.9. The van der Waals surface area contributed by atoms with Gasteiger partial charge < -0.3 is 10.1 Å². The van der Waals surface area contributed by atoms with Crippen LogP contribution in [0.4, 0.5) is 5.69 Å². The molecule has 1 fully saturated rings. The van der Waals surface area contributed by atoms with Gasteiger partial charge in [-0.3, -0.25) is 4.72 Å². The van der Waals surface area contributed by atoms with Crippen molar-refractivity contribution in [2.24, 2.45) is 0 Å². The summed E-state index contributed by atoms with van der Waals surface area (Å²) in [4.78, 5) is 0. The predicted octanol–water partition coefficient (Wildman–Crippen LogP) is 1.84. The first-order chi connectivity index (χ1) is 9.00. The van der Waals surface area contributed by atoms with Crippen LogP contribution in [-0.2, 0) is 10.0 Å². The molecule has 0 aliphatic carbocycles. The molecule has 0 amide bonds. The Morgan fingerprint density at radius 1 is 1.53 bits per heavy atom. The molecule has 1 atom stereocenters. The van der Waals surface area contributed by atoms with Crippen molar-refractivity contribution in [3.8, 4) is 5.75 Å². The first kappa shape index (κ1) is 14.4. The third-order valence-electron chi connectivity index (χ3n) is 3.01. The molecular formula is C12H17ClN2O3S. The number of hydrogen-bond donors (Lipinski definition) is 2. The number of methoxy groups -OCH3 is 1. The number of halogens is 1. The Hall–Kier alpha value is -0.980. The molecule has 0 aromatic heterocycles. The van der Waals surface area contributed by atoms with Crippen LogP contribution in [0.3, 0.4) is 0 Å². The highest BCUT2D eigenvalue weighted by Crippen LogP contribution is 2.27. The number of hydrogen-bond acceptors (Lipinski definition) is 4. The summed E-state index contributed by atoms with van der Waals surface area (Å²) in [5.74, 6) is 0.596. The zero-order valence-electron chi connectivity index (χ0n) is 10.6. The van der Waals surface area contributed by atoms with E-state index in [1.165, 1.54) is 7.11 Å². The van der Waals surface area contributed by atoms with E-state index in [0.717, 1.165) is 19.4 Å². The van der Waals surface area contributed by atoms with E-state index in [4.69, 9.17) is 16.3 Å². The van der Waals surface area contributed by atoms with Crippen molar-refractivity contribution in [2.75, 3.05) is 24.1 Å². The summed E-state index contributed by atoms with van der Waals surface area (Å²) in [7, 11) is -1.86. The van der Waals surface area contributed by atoms with Gasteiger partial charge in [-0.2, -0.15) is 0 Å². The van der Waals surface area contributed by atoms with E-state index in [0.29, 0.717) is 16.5 Å². The summed E-state index contributed by atoms with van der Waals surface area (Å²) in [6.07, 6.45) is 1.92. The maximum Gasteiger partial charge on any atom is 0.234 e. The molecule has 1 saturated heterocycles. The van der Waals surface area contributed by atoms with E-state index >= 15 is 0 Å². The van der Waals surface area contributed by atoms with Crippen LogP contribution in [0.15, 0.2) is 18.2 Å². The van der Waals surface area contributed by atoms with Gasteiger partial charge in [-0.15, -0.1) is 0 Å². The highest BCUT2D eigenvalue weighted by molar-refractivity contribution is 7.92. The smallest absolute Gasteiger partial charge is 0.234 e. The minimum atomic E-state index is -3.37. The third-order valence-corrected chi connectivity index (χ3v) is 4.69. The molecule has 2 rings (SSSR count). The maximum absolute atomic E-state index is 12.0. The van der Waals surface area contributed by atoms with Crippen LogP contribution >= 0.6 is 11.6 Å². The predicted molar refractivity (Wildman–Crippen MR) is 76.4 cm³/mol. The number of nitrogens with one attached hydrogen (secondary N) is 2. The SMILES string of the molecule is COc1ccc(NS(=O)(=O)CC2CCCN2)cc1Cl. The first-order valence-electron chi connectivity index (χ1n) is 6.07. The standard InChI is InChI=1S/C12H17ClN2O3S/c1-18-12-5-4-9(7-11(12)13)15-19(16,17)8-10-3-2-6-14-10/h4-5,7,10,14-15H,2-3,6,8H2,1H3. The number of rotatable bonds is 5. The minimum absolute atomic E-state index is 0.0335. The summed E-state index contributed by atoms with van der Waals surface area (Å²) < 4.78 is 31.5. The fourth-order valence-corrected chi connectivity index (χ4v) is 3.76. The Morgan fingerprint density at radius 3 is 2.89 bits per heavy atom. The molecule has 1 unspecified atom stereocenters. The quantitative estimate of drug-likeness (QED) is 0.871. The lowest BCUT2D eigenvalue weighted by atomic mass is 10.3. The van der Waals surface area contributed by atoms with E-state index in [9.17, 15) is 8.42 Å². The highest BCUT2D eigenvalue weighted by atomic mass is 35.5. The minimum Gasteiger partial charge on any atom is -0.495 e. The van der Waals surface area contributed by atoms with Crippen LogP contribution in [0.5, 0.6) is 5.75 Å². The Bertz CT molecular complexity index is 542. The lowest BCUT2D eigenvalue weighted by Crippen LogP contribution is -2.32. The normalized spacial score (nSPS) is 19.4. The third kappa shape index (κ3) is 3.99. The van der Waals surface area contributed by atoms with Crippen LogP contribution in [0.25, 0.3) is 0 Å². The fourth-order valence-electron chi connectivity index (χ4n) is 2.11. The van der Waals surface area contributed by atoms with Crippen molar-refractivity contribution in [1.82, 2.24) is 5.32 Å².